The summed E-state index contributed by atoms with van der Waals surface area (Å²) in [4.78, 5) is 0. The van der Waals surface area contributed by atoms with Crippen LogP contribution in [0, 0.1) is 5.92 Å². The van der Waals surface area contributed by atoms with Crippen molar-refractivity contribution in [1.29, 1.82) is 0 Å². The van der Waals surface area contributed by atoms with Gasteiger partial charge in [-0.3, -0.25) is 0 Å². The van der Waals surface area contributed by atoms with Crippen molar-refractivity contribution in [2.45, 2.75) is 27.7 Å². The topological polar surface area (TPSA) is 0 Å². The molecule has 0 bridgehead atoms. The van der Waals surface area contributed by atoms with Gasteiger partial charge in [-0.2, -0.15) is 0 Å². The van der Waals surface area contributed by atoms with E-state index in [1.807, 2.05) is 13.0 Å². The summed E-state index contributed by atoms with van der Waals surface area (Å²) < 4.78 is 0. The lowest BCUT2D eigenvalue weighted by Crippen LogP contribution is -1.92. The standard InChI is InChI=1S/C13H20/c1-6-8-10-13(9-7-2)12(5)11(3)4/h6-11H,1H2,2-5H3/b9-7-,10-8-,13-12+. The van der Waals surface area contributed by atoms with Gasteiger partial charge in [-0.15, -0.1) is 0 Å². The minimum Gasteiger partial charge on any atom is -0.0991 e. The monoisotopic (exact) mass is 176 g/mol. The molecular weight excluding hydrogens is 156 g/mol. The molecule has 0 nitrogen and oxygen atoms in total. The summed E-state index contributed by atoms with van der Waals surface area (Å²) in [7, 11) is 0. The summed E-state index contributed by atoms with van der Waals surface area (Å²) in [6, 6.07) is 0. The molecule has 0 unspecified atom stereocenters. The van der Waals surface area contributed by atoms with Gasteiger partial charge in [0.25, 0.3) is 0 Å². The molecule has 0 aromatic rings. The zero-order valence-electron chi connectivity index (χ0n) is 9.17. The molecule has 0 heteroatoms. The summed E-state index contributed by atoms with van der Waals surface area (Å²) in [6.45, 7) is 12.3. The SMILES string of the molecule is C=C\C=C/C(/C=C\C)=C(\C)C(C)C. The van der Waals surface area contributed by atoms with Crippen molar-refractivity contribution >= 4 is 0 Å². The number of allylic oxidation sites excluding steroid dienone is 7. The molecule has 0 N–H and O–H groups in total. The first-order valence-corrected chi connectivity index (χ1v) is 4.76. The molecule has 72 valence electrons. The van der Waals surface area contributed by atoms with Crippen molar-refractivity contribution in [3.05, 3.63) is 48.1 Å². The molecule has 0 saturated carbocycles. The zero-order valence-corrected chi connectivity index (χ0v) is 9.17. The van der Waals surface area contributed by atoms with E-state index in [1.165, 1.54) is 11.1 Å². The Bertz CT molecular complexity index is 237. The van der Waals surface area contributed by atoms with E-state index in [2.05, 4.69) is 45.6 Å². The Hall–Kier alpha value is -1.04. The van der Waals surface area contributed by atoms with Gasteiger partial charge in [0.15, 0.2) is 0 Å². The van der Waals surface area contributed by atoms with Crippen LogP contribution in [-0.4, -0.2) is 0 Å². The number of rotatable bonds is 4. The molecule has 0 amide bonds. The summed E-state index contributed by atoms with van der Waals surface area (Å²) in [6.07, 6.45) is 10.1. The lowest BCUT2D eigenvalue weighted by Gasteiger charge is -2.08. The highest BCUT2D eigenvalue weighted by Gasteiger charge is 1.99. The van der Waals surface area contributed by atoms with Crippen LogP contribution in [0.3, 0.4) is 0 Å². The van der Waals surface area contributed by atoms with Crippen molar-refractivity contribution in [2.24, 2.45) is 5.92 Å². The molecule has 0 saturated heterocycles. The van der Waals surface area contributed by atoms with Gasteiger partial charge < -0.3 is 0 Å². The maximum absolute atomic E-state index is 3.66. The Balaban J connectivity index is 4.87. The summed E-state index contributed by atoms with van der Waals surface area (Å²) in [5.41, 5.74) is 2.70. The highest BCUT2D eigenvalue weighted by atomic mass is 14.0. The quantitative estimate of drug-likeness (QED) is 0.561. The molecule has 0 atom stereocenters. The molecule has 0 rings (SSSR count). The minimum absolute atomic E-state index is 0.598. The lowest BCUT2D eigenvalue weighted by atomic mass is 9.98. The Morgan fingerprint density at radius 3 is 2.23 bits per heavy atom. The second kappa shape index (κ2) is 6.47. The van der Waals surface area contributed by atoms with E-state index in [0.717, 1.165) is 0 Å². The van der Waals surface area contributed by atoms with E-state index in [0.29, 0.717) is 5.92 Å². The Morgan fingerprint density at radius 1 is 1.23 bits per heavy atom. The van der Waals surface area contributed by atoms with Gasteiger partial charge in [0.2, 0.25) is 0 Å². The van der Waals surface area contributed by atoms with Crippen molar-refractivity contribution < 1.29 is 0 Å². The van der Waals surface area contributed by atoms with Gasteiger partial charge in [-0.25, -0.2) is 0 Å². The van der Waals surface area contributed by atoms with Crippen LogP contribution >= 0.6 is 0 Å². The fourth-order valence-electron chi connectivity index (χ4n) is 1.00. The smallest absolute Gasteiger partial charge is 0.0254 e. The predicted molar refractivity (Wildman–Crippen MR) is 61.7 cm³/mol. The van der Waals surface area contributed by atoms with E-state index >= 15 is 0 Å². The third-order valence-corrected chi connectivity index (χ3v) is 2.08. The van der Waals surface area contributed by atoms with E-state index in [1.54, 1.807) is 6.08 Å². The average molecular weight is 176 g/mol. The zero-order chi connectivity index (χ0) is 10.3. The molecule has 0 radical (unpaired) electrons. The summed E-state index contributed by atoms with van der Waals surface area (Å²) >= 11 is 0. The fraction of sp³-hybridized carbons (Fsp3) is 0.385. The number of hydrogen-bond acceptors (Lipinski definition) is 0. The van der Waals surface area contributed by atoms with E-state index < -0.39 is 0 Å². The first kappa shape index (κ1) is 12.0. The van der Waals surface area contributed by atoms with Crippen molar-refractivity contribution in [1.82, 2.24) is 0 Å². The van der Waals surface area contributed by atoms with Gasteiger partial charge in [0.1, 0.15) is 0 Å². The molecule has 0 aromatic heterocycles. The molecular formula is C13H20. The van der Waals surface area contributed by atoms with Crippen LogP contribution < -0.4 is 0 Å². The normalized spacial score (nSPS) is 14.2. The molecule has 0 aliphatic carbocycles. The van der Waals surface area contributed by atoms with Gasteiger partial charge in [0, 0.05) is 0 Å². The summed E-state index contributed by atoms with van der Waals surface area (Å²) in [5, 5.41) is 0. The van der Waals surface area contributed by atoms with E-state index in [9.17, 15) is 0 Å². The number of hydrogen-bond donors (Lipinski definition) is 0. The Kier molecular flexibility index (Phi) is 5.96. The van der Waals surface area contributed by atoms with Gasteiger partial charge in [0.05, 0.1) is 0 Å². The summed E-state index contributed by atoms with van der Waals surface area (Å²) in [5.74, 6) is 0.598. The fourth-order valence-corrected chi connectivity index (χ4v) is 1.00. The van der Waals surface area contributed by atoms with Crippen LogP contribution in [0.2, 0.25) is 0 Å². The lowest BCUT2D eigenvalue weighted by molar-refractivity contribution is 0.764. The van der Waals surface area contributed by atoms with E-state index in [-0.39, 0.29) is 0 Å². The van der Waals surface area contributed by atoms with Crippen LogP contribution in [0.1, 0.15) is 27.7 Å². The first-order valence-electron chi connectivity index (χ1n) is 4.76. The molecule has 13 heavy (non-hydrogen) atoms. The molecule has 0 spiro atoms. The average Bonchev–Trinajstić information content (AvgIpc) is 2.11. The Morgan fingerprint density at radius 2 is 1.85 bits per heavy atom. The minimum atomic E-state index is 0.598. The predicted octanol–water partition coefficient (Wildman–Crippen LogP) is 4.28. The molecule has 0 aliphatic rings. The van der Waals surface area contributed by atoms with Crippen molar-refractivity contribution in [2.75, 3.05) is 0 Å². The Labute approximate surface area is 82.4 Å². The van der Waals surface area contributed by atoms with Gasteiger partial charge >= 0.3 is 0 Å². The second-order valence-electron chi connectivity index (χ2n) is 3.39. The van der Waals surface area contributed by atoms with Crippen LogP contribution in [-0.2, 0) is 0 Å². The molecule has 0 aromatic carbocycles. The highest BCUT2D eigenvalue weighted by molar-refractivity contribution is 5.36. The van der Waals surface area contributed by atoms with Gasteiger partial charge in [-0.05, 0) is 25.3 Å². The third-order valence-electron chi connectivity index (χ3n) is 2.08. The van der Waals surface area contributed by atoms with Crippen LogP contribution in [0.5, 0.6) is 0 Å². The molecule has 0 fully saturated rings. The first-order chi connectivity index (χ1) is 6.13. The molecule has 0 aliphatic heterocycles. The van der Waals surface area contributed by atoms with Crippen LogP contribution in [0.25, 0.3) is 0 Å². The van der Waals surface area contributed by atoms with Crippen molar-refractivity contribution in [3.63, 3.8) is 0 Å². The second-order valence-corrected chi connectivity index (χ2v) is 3.39. The van der Waals surface area contributed by atoms with Crippen molar-refractivity contribution in [3.8, 4) is 0 Å². The van der Waals surface area contributed by atoms with Crippen LogP contribution in [0.15, 0.2) is 48.1 Å². The van der Waals surface area contributed by atoms with Crippen LogP contribution in [0.4, 0.5) is 0 Å². The van der Waals surface area contributed by atoms with E-state index in [4.69, 9.17) is 0 Å². The van der Waals surface area contributed by atoms with Gasteiger partial charge in [-0.1, -0.05) is 56.4 Å². The third kappa shape index (κ3) is 4.51. The maximum Gasteiger partial charge on any atom is -0.0254 e. The largest absolute Gasteiger partial charge is 0.0991 e. The maximum atomic E-state index is 3.66. The highest BCUT2D eigenvalue weighted by Crippen LogP contribution is 2.16. The molecule has 0 heterocycles.